The van der Waals surface area contributed by atoms with Gasteiger partial charge in [0.05, 0.1) is 11.8 Å². The number of benzene rings is 1. The third-order valence-corrected chi connectivity index (χ3v) is 2.38. The minimum absolute atomic E-state index is 0.00301. The van der Waals surface area contributed by atoms with Gasteiger partial charge in [0.1, 0.15) is 5.75 Å². The second kappa shape index (κ2) is 7.71. The van der Waals surface area contributed by atoms with Gasteiger partial charge in [-0.15, -0.1) is 0 Å². The Hall–Kier alpha value is -1.55. The molecule has 18 heavy (non-hydrogen) atoms. The van der Waals surface area contributed by atoms with Crippen LogP contribution in [0.15, 0.2) is 24.3 Å². The smallest absolute Gasteiger partial charge is 0.224 e. The molecule has 0 bridgehead atoms. The quantitative estimate of drug-likeness (QED) is 0.731. The third-order valence-electron chi connectivity index (χ3n) is 2.38. The number of carbonyl (C=O) groups is 1. The summed E-state index contributed by atoms with van der Waals surface area (Å²) in [5, 5.41) is 2.87. The van der Waals surface area contributed by atoms with E-state index in [1.165, 1.54) is 0 Å². The van der Waals surface area contributed by atoms with Crippen LogP contribution in [0, 0.1) is 0 Å². The average Bonchev–Trinajstić information content (AvgIpc) is 2.31. The number of nitrogens with one attached hydrogen (secondary N) is 1. The number of nitrogens with two attached hydrogens (primary N) is 1. The number of hydrogen-bond donors (Lipinski definition) is 2. The molecule has 0 spiro atoms. The van der Waals surface area contributed by atoms with Crippen molar-refractivity contribution < 1.29 is 9.53 Å². The van der Waals surface area contributed by atoms with E-state index in [0.717, 1.165) is 18.5 Å². The number of rotatable bonds is 7. The van der Waals surface area contributed by atoms with Crippen LogP contribution < -0.4 is 15.8 Å². The SMILES string of the molecule is CC(C)Oc1ccccc1NC(=O)CCCCN. The molecule has 0 saturated carbocycles. The number of para-hydroxylation sites is 2. The van der Waals surface area contributed by atoms with Crippen molar-refractivity contribution in [1.82, 2.24) is 0 Å². The number of amides is 1. The van der Waals surface area contributed by atoms with Gasteiger partial charge in [-0.2, -0.15) is 0 Å². The first-order valence-corrected chi connectivity index (χ1v) is 6.39. The topological polar surface area (TPSA) is 64.3 Å². The van der Waals surface area contributed by atoms with E-state index in [9.17, 15) is 4.79 Å². The average molecular weight is 250 g/mol. The lowest BCUT2D eigenvalue weighted by molar-refractivity contribution is -0.116. The standard InChI is InChI=1S/C14H22N2O2/c1-11(2)18-13-8-4-3-7-12(13)16-14(17)9-5-6-10-15/h3-4,7-8,11H,5-6,9-10,15H2,1-2H3,(H,16,17). The van der Waals surface area contributed by atoms with Crippen molar-refractivity contribution >= 4 is 11.6 Å². The van der Waals surface area contributed by atoms with E-state index in [4.69, 9.17) is 10.5 Å². The largest absolute Gasteiger partial charge is 0.489 e. The lowest BCUT2D eigenvalue weighted by Gasteiger charge is -2.14. The maximum absolute atomic E-state index is 11.7. The molecule has 0 aromatic heterocycles. The van der Waals surface area contributed by atoms with Crippen molar-refractivity contribution in [2.45, 2.75) is 39.2 Å². The fraction of sp³-hybridized carbons (Fsp3) is 0.500. The molecule has 1 aromatic rings. The Morgan fingerprint density at radius 3 is 2.72 bits per heavy atom. The summed E-state index contributed by atoms with van der Waals surface area (Å²) in [6.07, 6.45) is 2.26. The lowest BCUT2D eigenvalue weighted by Crippen LogP contribution is -2.14. The van der Waals surface area contributed by atoms with Crippen LogP contribution in [0.4, 0.5) is 5.69 Å². The van der Waals surface area contributed by atoms with E-state index in [0.29, 0.717) is 18.7 Å². The minimum Gasteiger partial charge on any atom is -0.489 e. The van der Waals surface area contributed by atoms with Crippen LogP contribution in [-0.2, 0) is 4.79 Å². The van der Waals surface area contributed by atoms with Crippen LogP contribution in [0.2, 0.25) is 0 Å². The Bertz CT molecular complexity index is 378. The Kier molecular flexibility index (Phi) is 6.22. The van der Waals surface area contributed by atoms with Crippen molar-refractivity contribution in [2.24, 2.45) is 5.73 Å². The van der Waals surface area contributed by atoms with Gasteiger partial charge in [-0.3, -0.25) is 4.79 Å². The molecule has 0 radical (unpaired) electrons. The van der Waals surface area contributed by atoms with E-state index < -0.39 is 0 Å². The summed E-state index contributed by atoms with van der Waals surface area (Å²) in [6, 6.07) is 7.47. The first-order chi connectivity index (χ1) is 8.63. The van der Waals surface area contributed by atoms with Crippen molar-refractivity contribution in [3.63, 3.8) is 0 Å². The van der Waals surface area contributed by atoms with Gasteiger partial charge in [0.25, 0.3) is 0 Å². The molecule has 4 nitrogen and oxygen atoms in total. The Labute approximate surface area is 109 Å². The number of ether oxygens (including phenoxy) is 1. The van der Waals surface area contributed by atoms with Crippen molar-refractivity contribution in [3.8, 4) is 5.75 Å². The van der Waals surface area contributed by atoms with Crippen molar-refractivity contribution in [2.75, 3.05) is 11.9 Å². The summed E-state index contributed by atoms with van der Waals surface area (Å²) in [4.78, 5) is 11.7. The van der Waals surface area contributed by atoms with Gasteiger partial charge in [-0.25, -0.2) is 0 Å². The van der Waals surface area contributed by atoms with E-state index >= 15 is 0 Å². The summed E-state index contributed by atoms with van der Waals surface area (Å²) >= 11 is 0. The first kappa shape index (κ1) is 14.5. The highest BCUT2D eigenvalue weighted by Gasteiger charge is 2.08. The van der Waals surface area contributed by atoms with E-state index in [2.05, 4.69) is 5.32 Å². The molecule has 0 heterocycles. The Morgan fingerprint density at radius 1 is 1.33 bits per heavy atom. The van der Waals surface area contributed by atoms with E-state index in [-0.39, 0.29) is 12.0 Å². The van der Waals surface area contributed by atoms with Gasteiger partial charge in [0, 0.05) is 6.42 Å². The van der Waals surface area contributed by atoms with Crippen LogP contribution in [-0.4, -0.2) is 18.6 Å². The van der Waals surface area contributed by atoms with E-state index in [1.807, 2.05) is 38.1 Å². The molecule has 0 atom stereocenters. The monoisotopic (exact) mass is 250 g/mol. The molecular weight excluding hydrogens is 228 g/mol. The normalized spacial score (nSPS) is 10.4. The molecular formula is C14H22N2O2. The van der Waals surface area contributed by atoms with Crippen LogP contribution in [0.5, 0.6) is 5.75 Å². The summed E-state index contributed by atoms with van der Waals surface area (Å²) in [6.45, 7) is 4.54. The van der Waals surface area contributed by atoms with Gasteiger partial charge in [-0.05, 0) is 45.4 Å². The molecule has 0 saturated heterocycles. The maximum Gasteiger partial charge on any atom is 0.224 e. The summed E-state index contributed by atoms with van der Waals surface area (Å²) in [7, 11) is 0. The molecule has 3 N–H and O–H groups in total. The molecule has 4 heteroatoms. The fourth-order valence-corrected chi connectivity index (χ4v) is 1.57. The Morgan fingerprint density at radius 2 is 2.06 bits per heavy atom. The van der Waals surface area contributed by atoms with Crippen LogP contribution in [0.25, 0.3) is 0 Å². The van der Waals surface area contributed by atoms with Gasteiger partial charge < -0.3 is 15.8 Å². The highest BCUT2D eigenvalue weighted by Crippen LogP contribution is 2.25. The number of hydrogen-bond acceptors (Lipinski definition) is 3. The molecule has 0 aliphatic heterocycles. The number of unbranched alkanes of at least 4 members (excludes halogenated alkanes) is 1. The molecule has 0 aliphatic carbocycles. The summed E-state index contributed by atoms with van der Waals surface area (Å²) < 4.78 is 5.64. The van der Waals surface area contributed by atoms with Crippen molar-refractivity contribution in [1.29, 1.82) is 0 Å². The highest BCUT2D eigenvalue weighted by atomic mass is 16.5. The molecule has 0 fully saturated rings. The minimum atomic E-state index is 0.00301. The zero-order chi connectivity index (χ0) is 13.4. The lowest BCUT2D eigenvalue weighted by atomic mass is 10.2. The number of anilines is 1. The molecule has 1 aromatic carbocycles. The fourth-order valence-electron chi connectivity index (χ4n) is 1.57. The van der Waals surface area contributed by atoms with E-state index in [1.54, 1.807) is 0 Å². The van der Waals surface area contributed by atoms with Crippen LogP contribution in [0.3, 0.4) is 0 Å². The van der Waals surface area contributed by atoms with Crippen LogP contribution in [0.1, 0.15) is 33.1 Å². The molecule has 100 valence electrons. The van der Waals surface area contributed by atoms with Gasteiger partial charge in [0.2, 0.25) is 5.91 Å². The van der Waals surface area contributed by atoms with Crippen molar-refractivity contribution in [3.05, 3.63) is 24.3 Å². The van der Waals surface area contributed by atoms with Crippen LogP contribution >= 0.6 is 0 Å². The second-order valence-corrected chi connectivity index (χ2v) is 4.46. The molecule has 0 unspecified atom stereocenters. The predicted octanol–water partition coefficient (Wildman–Crippen LogP) is 2.54. The van der Waals surface area contributed by atoms with Gasteiger partial charge in [-0.1, -0.05) is 12.1 Å². The highest BCUT2D eigenvalue weighted by molar-refractivity contribution is 5.92. The first-order valence-electron chi connectivity index (χ1n) is 6.39. The maximum atomic E-state index is 11.7. The second-order valence-electron chi connectivity index (χ2n) is 4.46. The number of carbonyl (C=O) groups excluding carboxylic acids is 1. The zero-order valence-corrected chi connectivity index (χ0v) is 11.1. The predicted molar refractivity (Wildman–Crippen MR) is 73.7 cm³/mol. The van der Waals surface area contributed by atoms with Gasteiger partial charge >= 0.3 is 0 Å². The zero-order valence-electron chi connectivity index (χ0n) is 11.1. The molecule has 0 aliphatic rings. The summed E-state index contributed by atoms with van der Waals surface area (Å²) in [5.74, 6) is 0.711. The van der Waals surface area contributed by atoms with Gasteiger partial charge in [0.15, 0.2) is 0 Å². The molecule has 1 rings (SSSR count). The molecule has 1 amide bonds. The summed E-state index contributed by atoms with van der Waals surface area (Å²) in [5.41, 5.74) is 6.12. The third kappa shape index (κ3) is 5.19. The Balaban J connectivity index is 2.57.